The Morgan fingerprint density at radius 3 is 3.05 bits per heavy atom. The van der Waals surface area contributed by atoms with Crippen molar-refractivity contribution in [1.29, 1.82) is 0 Å². The third-order valence-electron chi connectivity index (χ3n) is 3.51. The van der Waals surface area contributed by atoms with Crippen LogP contribution in [0, 0.1) is 6.92 Å². The van der Waals surface area contributed by atoms with Gasteiger partial charge in [0.25, 0.3) is 0 Å². The molecule has 0 amide bonds. The SMILES string of the molecule is Cc1cnc(N)nc1OC1CCCc2ccccc21. The molecule has 4 heteroatoms. The molecule has 0 saturated carbocycles. The van der Waals surface area contributed by atoms with E-state index in [9.17, 15) is 0 Å². The van der Waals surface area contributed by atoms with Gasteiger partial charge in [-0.05, 0) is 37.3 Å². The van der Waals surface area contributed by atoms with Crippen molar-refractivity contribution in [3.63, 3.8) is 0 Å². The molecule has 2 aromatic rings. The summed E-state index contributed by atoms with van der Waals surface area (Å²) < 4.78 is 6.06. The topological polar surface area (TPSA) is 61.0 Å². The number of rotatable bonds is 2. The van der Waals surface area contributed by atoms with Gasteiger partial charge in [0.05, 0.1) is 0 Å². The first kappa shape index (κ1) is 12.0. The van der Waals surface area contributed by atoms with Crippen molar-refractivity contribution in [3.05, 3.63) is 47.2 Å². The van der Waals surface area contributed by atoms with E-state index in [0.717, 1.165) is 24.8 Å². The summed E-state index contributed by atoms with van der Waals surface area (Å²) in [6, 6.07) is 8.45. The average Bonchev–Trinajstić information content (AvgIpc) is 2.43. The van der Waals surface area contributed by atoms with Crippen LogP contribution in [-0.2, 0) is 6.42 Å². The molecule has 0 aliphatic heterocycles. The summed E-state index contributed by atoms with van der Waals surface area (Å²) >= 11 is 0. The lowest BCUT2D eigenvalue weighted by Gasteiger charge is -2.26. The molecule has 0 bridgehead atoms. The van der Waals surface area contributed by atoms with E-state index in [1.54, 1.807) is 6.20 Å². The molecular formula is C15H17N3O. The van der Waals surface area contributed by atoms with Crippen molar-refractivity contribution < 1.29 is 4.74 Å². The van der Waals surface area contributed by atoms with Crippen LogP contribution in [0.3, 0.4) is 0 Å². The number of hydrogen-bond acceptors (Lipinski definition) is 4. The fourth-order valence-corrected chi connectivity index (χ4v) is 2.53. The molecule has 2 N–H and O–H groups in total. The predicted molar refractivity (Wildman–Crippen MR) is 73.9 cm³/mol. The van der Waals surface area contributed by atoms with Gasteiger partial charge >= 0.3 is 0 Å². The van der Waals surface area contributed by atoms with Crippen LogP contribution < -0.4 is 10.5 Å². The predicted octanol–water partition coefficient (Wildman–Crippen LogP) is 2.82. The van der Waals surface area contributed by atoms with Gasteiger partial charge in [0.1, 0.15) is 6.10 Å². The Kier molecular flexibility index (Phi) is 3.07. The highest BCUT2D eigenvalue weighted by Gasteiger charge is 2.22. The van der Waals surface area contributed by atoms with Crippen molar-refractivity contribution >= 4 is 5.95 Å². The lowest BCUT2D eigenvalue weighted by atomic mass is 9.89. The lowest BCUT2D eigenvalue weighted by molar-refractivity contribution is 0.174. The summed E-state index contributed by atoms with van der Waals surface area (Å²) in [6.07, 6.45) is 5.05. The Morgan fingerprint density at radius 1 is 1.32 bits per heavy atom. The molecule has 1 unspecified atom stereocenters. The largest absolute Gasteiger partial charge is 0.469 e. The van der Waals surface area contributed by atoms with Crippen LogP contribution in [0.5, 0.6) is 5.88 Å². The zero-order valence-corrected chi connectivity index (χ0v) is 11.0. The zero-order chi connectivity index (χ0) is 13.2. The van der Waals surface area contributed by atoms with Gasteiger partial charge in [-0.15, -0.1) is 0 Å². The molecule has 19 heavy (non-hydrogen) atoms. The van der Waals surface area contributed by atoms with Crippen LogP contribution in [0.15, 0.2) is 30.5 Å². The van der Waals surface area contributed by atoms with E-state index in [0.29, 0.717) is 5.88 Å². The van der Waals surface area contributed by atoms with Gasteiger partial charge in [-0.25, -0.2) is 4.98 Å². The van der Waals surface area contributed by atoms with Crippen LogP contribution in [0.25, 0.3) is 0 Å². The first-order chi connectivity index (χ1) is 9.24. The number of aromatic nitrogens is 2. The second-order valence-electron chi connectivity index (χ2n) is 4.91. The molecule has 4 nitrogen and oxygen atoms in total. The van der Waals surface area contributed by atoms with E-state index in [1.807, 2.05) is 6.92 Å². The summed E-state index contributed by atoms with van der Waals surface area (Å²) in [5, 5.41) is 0. The third-order valence-corrected chi connectivity index (χ3v) is 3.51. The van der Waals surface area contributed by atoms with Crippen LogP contribution in [0.2, 0.25) is 0 Å². The molecule has 1 aliphatic rings. The van der Waals surface area contributed by atoms with Crippen LogP contribution in [-0.4, -0.2) is 9.97 Å². The second kappa shape index (κ2) is 4.88. The Bertz CT molecular complexity index is 598. The number of hydrogen-bond donors (Lipinski definition) is 1. The summed E-state index contributed by atoms with van der Waals surface area (Å²) in [6.45, 7) is 1.93. The zero-order valence-electron chi connectivity index (χ0n) is 11.0. The Hall–Kier alpha value is -2.10. The van der Waals surface area contributed by atoms with Crippen LogP contribution in [0.4, 0.5) is 5.95 Å². The molecule has 0 fully saturated rings. The minimum Gasteiger partial charge on any atom is -0.469 e. The lowest BCUT2D eigenvalue weighted by Crippen LogP contribution is -2.16. The molecule has 1 heterocycles. The van der Waals surface area contributed by atoms with Crippen LogP contribution >= 0.6 is 0 Å². The highest BCUT2D eigenvalue weighted by Crippen LogP contribution is 2.33. The van der Waals surface area contributed by atoms with Crippen molar-refractivity contribution in [2.24, 2.45) is 0 Å². The van der Waals surface area contributed by atoms with E-state index < -0.39 is 0 Å². The molecule has 3 rings (SSSR count). The fraction of sp³-hybridized carbons (Fsp3) is 0.333. The van der Waals surface area contributed by atoms with E-state index >= 15 is 0 Å². The van der Waals surface area contributed by atoms with Crippen molar-refractivity contribution in [2.45, 2.75) is 32.3 Å². The van der Waals surface area contributed by atoms with Crippen molar-refractivity contribution in [2.75, 3.05) is 5.73 Å². The minimum atomic E-state index is 0.0675. The van der Waals surface area contributed by atoms with Crippen LogP contribution in [0.1, 0.15) is 35.6 Å². The number of aryl methyl sites for hydroxylation is 2. The Labute approximate surface area is 112 Å². The molecule has 0 saturated heterocycles. The highest BCUT2D eigenvalue weighted by atomic mass is 16.5. The van der Waals surface area contributed by atoms with Gasteiger partial charge in [0, 0.05) is 11.8 Å². The molecule has 98 valence electrons. The Morgan fingerprint density at radius 2 is 2.16 bits per heavy atom. The summed E-state index contributed by atoms with van der Waals surface area (Å²) in [5.41, 5.74) is 9.18. The maximum atomic E-state index is 6.06. The van der Waals surface area contributed by atoms with Gasteiger partial charge in [-0.3, -0.25) is 0 Å². The molecule has 1 atom stereocenters. The van der Waals surface area contributed by atoms with Gasteiger partial charge in [-0.2, -0.15) is 4.98 Å². The number of anilines is 1. The maximum Gasteiger partial charge on any atom is 0.223 e. The van der Waals surface area contributed by atoms with E-state index in [4.69, 9.17) is 10.5 Å². The molecule has 1 aliphatic carbocycles. The molecule has 0 radical (unpaired) electrons. The number of nitrogen functional groups attached to an aromatic ring is 1. The molecule has 0 spiro atoms. The van der Waals surface area contributed by atoms with Gasteiger partial charge in [0.2, 0.25) is 11.8 Å². The number of nitrogens with two attached hydrogens (primary N) is 1. The minimum absolute atomic E-state index is 0.0675. The molecule has 1 aromatic carbocycles. The second-order valence-corrected chi connectivity index (χ2v) is 4.91. The van der Waals surface area contributed by atoms with E-state index in [1.165, 1.54) is 11.1 Å². The van der Waals surface area contributed by atoms with E-state index in [2.05, 4.69) is 34.2 Å². The fourth-order valence-electron chi connectivity index (χ4n) is 2.53. The Balaban J connectivity index is 1.90. The number of fused-ring (bicyclic) bond motifs is 1. The molecule has 1 aromatic heterocycles. The van der Waals surface area contributed by atoms with Gasteiger partial charge in [0.15, 0.2) is 0 Å². The van der Waals surface area contributed by atoms with Crippen molar-refractivity contribution in [1.82, 2.24) is 9.97 Å². The van der Waals surface area contributed by atoms with Gasteiger partial charge in [-0.1, -0.05) is 24.3 Å². The summed E-state index contributed by atoms with van der Waals surface area (Å²) in [5.74, 6) is 0.846. The first-order valence-electron chi connectivity index (χ1n) is 6.57. The first-order valence-corrected chi connectivity index (χ1v) is 6.57. The summed E-state index contributed by atoms with van der Waals surface area (Å²) in [4.78, 5) is 8.15. The maximum absolute atomic E-state index is 6.06. The highest BCUT2D eigenvalue weighted by molar-refractivity contribution is 5.34. The standard InChI is InChI=1S/C15H17N3O/c1-10-9-17-15(16)18-14(10)19-13-8-4-6-11-5-2-3-7-12(11)13/h2-3,5,7,9,13H,4,6,8H2,1H3,(H2,16,17,18). The van der Waals surface area contributed by atoms with E-state index in [-0.39, 0.29) is 12.1 Å². The normalized spacial score (nSPS) is 17.8. The number of ether oxygens (including phenoxy) is 1. The van der Waals surface area contributed by atoms with Gasteiger partial charge < -0.3 is 10.5 Å². The number of benzene rings is 1. The smallest absolute Gasteiger partial charge is 0.223 e. The average molecular weight is 255 g/mol. The summed E-state index contributed by atoms with van der Waals surface area (Å²) in [7, 11) is 0. The number of nitrogens with zero attached hydrogens (tertiary/aromatic N) is 2. The third kappa shape index (κ3) is 2.38. The van der Waals surface area contributed by atoms with Crippen molar-refractivity contribution in [3.8, 4) is 5.88 Å². The monoisotopic (exact) mass is 255 g/mol. The quantitative estimate of drug-likeness (QED) is 0.896. The molecular weight excluding hydrogens is 238 g/mol.